The number of aromatic nitrogens is 2. The lowest BCUT2D eigenvalue weighted by Crippen LogP contribution is -2.46. The van der Waals surface area contributed by atoms with Crippen LogP contribution >= 0.6 is 0 Å². The lowest BCUT2D eigenvalue weighted by Gasteiger charge is -2.37. The van der Waals surface area contributed by atoms with Crippen molar-refractivity contribution < 1.29 is 32.3 Å². The number of pyridine rings is 1. The molecule has 216 valence electrons. The van der Waals surface area contributed by atoms with E-state index in [0.29, 0.717) is 48.8 Å². The molecule has 3 aliphatic rings. The lowest BCUT2D eigenvalue weighted by atomic mass is 9.79. The van der Waals surface area contributed by atoms with Crippen LogP contribution in [0.15, 0.2) is 65.5 Å². The van der Waals surface area contributed by atoms with Gasteiger partial charge in [0, 0.05) is 36.9 Å². The molecule has 4 heterocycles. The van der Waals surface area contributed by atoms with Crippen LogP contribution in [-0.2, 0) is 21.4 Å². The predicted molar refractivity (Wildman–Crippen MR) is 141 cm³/mol. The van der Waals surface area contributed by atoms with E-state index in [1.807, 2.05) is 12.1 Å². The summed E-state index contributed by atoms with van der Waals surface area (Å²) in [5.74, 6) is 0.247. The van der Waals surface area contributed by atoms with Crippen molar-refractivity contribution in [2.24, 2.45) is 0 Å². The molecule has 2 atom stereocenters. The maximum Gasteiger partial charge on any atom is 0.416 e. The molecule has 2 fully saturated rings. The van der Waals surface area contributed by atoms with E-state index in [0.717, 1.165) is 37.0 Å². The second-order valence-corrected chi connectivity index (χ2v) is 10.8. The maximum atomic E-state index is 13.1. The van der Waals surface area contributed by atoms with E-state index < -0.39 is 23.4 Å². The van der Waals surface area contributed by atoms with Crippen molar-refractivity contribution in [2.45, 2.75) is 62.1 Å². The van der Waals surface area contributed by atoms with Gasteiger partial charge < -0.3 is 19.7 Å². The van der Waals surface area contributed by atoms with Gasteiger partial charge in [-0.1, -0.05) is 12.1 Å². The first-order chi connectivity index (χ1) is 19.7. The van der Waals surface area contributed by atoms with E-state index in [4.69, 9.17) is 9.25 Å². The van der Waals surface area contributed by atoms with E-state index >= 15 is 0 Å². The number of hydroxylamine groups is 1. The van der Waals surface area contributed by atoms with Crippen molar-refractivity contribution in [3.8, 4) is 11.5 Å². The summed E-state index contributed by atoms with van der Waals surface area (Å²) in [5.41, 5.74) is 2.86. The number of oxazole rings is 1. The van der Waals surface area contributed by atoms with Gasteiger partial charge in [-0.25, -0.2) is 4.98 Å². The highest BCUT2D eigenvalue weighted by Crippen LogP contribution is 2.37. The van der Waals surface area contributed by atoms with Gasteiger partial charge in [-0.3, -0.25) is 20.1 Å². The normalized spacial score (nSPS) is 26.6. The van der Waals surface area contributed by atoms with Crippen LogP contribution in [0.5, 0.6) is 0 Å². The minimum Gasteiger partial charge on any atom is -0.444 e. The van der Waals surface area contributed by atoms with Gasteiger partial charge in [-0.15, -0.1) is 0 Å². The number of amides is 1. The fourth-order valence-corrected chi connectivity index (χ4v) is 5.78. The second-order valence-electron chi connectivity index (χ2n) is 10.8. The fourth-order valence-electron chi connectivity index (χ4n) is 5.78. The molecule has 9 nitrogen and oxygen atoms in total. The van der Waals surface area contributed by atoms with E-state index in [-0.39, 0.29) is 18.0 Å². The Morgan fingerprint density at radius 3 is 2.63 bits per heavy atom. The molecule has 0 spiro atoms. The predicted octanol–water partition coefficient (Wildman–Crippen LogP) is 4.02. The van der Waals surface area contributed by atoms with Crippen LogP contribution < -0.4 is 10.8 Å². The first-order valence-electron chi connectivity index (χ1n) is 13.6. The molecular formula is C29H30F3N5O4. The van der Waals surface area contributed by atoms with Gasteiger partial charge in [0.15, 0.2) is 6.10 Å². The Hall–Kier alpha value is -3.74. The summed E-state index contributed by atoms with van der Waals surface area (Å²) in [7, 11) is 0. The maximum absolute atomic E-state index is 13.1. The van der Waals surface area contributed by atoms with Crippen LogP contribution in [0, 0.1) is 0 Å². The molecule has 0 bridgehead atoms. The van der Waals surface area contributed by atoms with Crippen molar-refractivity contribution in [2.75, 3.05) is 13.1 Å². The molecule has 1 unspecified atom stereocenters. The molecule has 3 aromatic rings. The number of nitrogens with zero attached hydrogens (tertiary/aromatic N) is 3. The zero-order valence-electron chi connectivity index (χ0n) is 22.1. The quantitative estimate of drug-likeness (QED) is 0.408. The standard InChI is InChI=1S/C29H30F3N5O4/c30-29(31,32)20-3-1-2-18(14-20)23-15-24(41-36-23)27(38)37-12-8-22(17-37)35-21-6-9-28(39,10-7-21)25-5-4-19(16-34-25)26-33-11-13-40-26/h1-5,11,13-16,21-22,24,35-36,39H,6-10,12,17H2/t21?,22-,24?,28?/m0/s1. The van der Waals surface area contributed by atoms with E-state index in [2.05, 4.69) is 20.8 Å². The SMILES string of the molecule is O=C(C1C=C(c2cccc(C(F)(F)F)c2)NO1)N1CC[C@H](NC2CCC(O)(c3ccc(-c4ncco4)cn3)CC2)C1. The molecule has 1 amide bonds. The van der Waals surface area contributed by atoms with Crippen molar-refractivity contribution in [1.82, 2.24) is 25.7 Å². The third kappa shape index (κ3) is 5.85. The zero-order valence-corrected chi connectivity index (χ0v) is 22.1. The molecule has 2 aromatic heterocycles. The topological polar surface area (TPSA) is 113 Å². The lowest BCUT2D eigenvalue weighted by molar-refractivity contribution is -0.141. The Morgan fingerprint density at radius 1 is 1.10 bits per heavy atom. The van der Waals surface area contributed by atoms with Gasteiger partial charge in [0.1, 0.15) is 11.9 Å². The van der Waals surface area contributed by atoms with Gasteiger partial charge in [0.25, 0.3) is 5.91 Å². The molecule has 12 heteroatoms. The average Bonchev–Trinajstić information content (AvgIpc) is 3.77. The molecule has 3 N–H and O–H groups in total. The van der Waals surface area contributed by atoms with Crippen molar-refractivity contribution in [3.05, 3.63) is 78.0 Å². The van der Waals surface area contributed by atoms with Gasteiger partial charge >= 0.3 is 6.18 Å². The number of likely N-dealkylation sites (tertiary alicyclic amines) is 1. The van der Waals surface area contributed by atoms with Gasteiger partial charge in [-0.2, -0.15) is 13.2 Å². The smallest absolute Gasteiger partial charge is 0.416 e. The molecular weight excluding hydrogens is 539 g/mol. The molecule has 0 radical (unpaired) electrons. The minimum atomic E-state index is -4.46. The monoisotopic (exact) mass is 569 g/mol. The summed E-state index contributed by atoms with van der Waals surface area (Å²) in [6.07, 6.45) is 4.33. The van der Waals surface area contributed by atoms with Crippen LogP contribution in [0.1, 0.15) is 48.9 Å². The number of rotatable bonds is 6. The highest BCUT2D eigenvalue weighted by atomic mass is 19.4. The van der Waals surface area contributed by atoms with Gasteiger partial charge in [-0.05, 0) is 62.4 Å². The largest absolute Gasteiger partial charge is 0.444 e. The van der Waals surface area contributed by atoms with Crippen LogP contribution in [0.25, 0.3) is 17.2 Å². The molecule has 1 saturated carbocycles. The molecule has 6 rings (SSSR count). The van der Waals surface area contributed by atoms with Crippen molar-refractivity contribution >= 4 is 11.6 Å². The molecule has 1 saturated heterocycles. The number of hydrogen-bond acceptors (Lipinski definition) is 8. The van der Waals surface area contributed by atoms with Crippen molar-refractivity contribution in [3.63, 3.8) is 0 Å². The number of nitrogens with one attached hydrogen (secondary N) is 2. The third-order valence-corrected chi connectivity index (χ3v) is 8.06. The first kappa shape index (κ1) is 27.4. The van der Waals surface area contributed by atoms with Gasteiger partial charge in [0.2, 0.25) is 5.89 Å². The van der Waals surface area contributed by atoms with Crippen LogP contribution in [0.4, 0.5) is 13.2 Å². The number of carbonyl (C=O) groups is 1. The summed E-state index contributed by atoms with van der Waals surface area (Å²) in [6, 6.07) is 8.87. The number of aliphatic hydroxyl groups is 1. The van der Waals surface area contributed by atoms with E-state index in [9.17, 15) is 23.1 Å². The number of hydrogen-bond donors (Lipinski definition) is 3. The number of benzene rings is 1. The Morgan fingerprint density at radius 2 is 1.93 bits per heavy atom. The van der Waals surface area contributed by atoms with E-state index in [1.54, 1.807) is 17.3 Å². The Bertz CT molecular complexity index is 1400. The summed E-state index contributed by atoms with van der Waals surface area (Å²) in [4.78, 5) is 28.8. The fraction of sp³-hybridized carbons (Fsp3) is 0.414. The molecule has 1 aliphatic carbocycles. The Labute approximate surface area is 234 Å². The zero-order chi connectivity index (χ0) is 28.6. The van der Waals surface area contributed by atoms with E-state index in [1.165, 1.54) is 24.5 Å². The highest BCUT2D eigenvalue weighted by Gasteiger charge is 2.39. The molecule has 2 aliphatic heterocycles. The summed E-state index contributed by atoms with van der Waals surface area (Å²) in [5, 5.41) is 14.9. The highest BCUT2D eigenvalue weighted by molar-refractivity contribution is 5.86. The number of halogens is 3. The van der Waals surface area contributed by atoms with Crippen molar-refractivity contribution in [1.29, 1.82) is 0 Å². The Balaban J connectivity index is 0.999. The summed E-state index contributed by atoms with van der Waals surface area (Å²) >= 11 is 0. The average molecular weight is 570 g/mol. The van der Waals surface area contributed by atoms with Crippen LogP contribution in [0.3, 0.4) is 0 Å². The van der Waals surface area contributed by atoms with Crippen LogP contribution in [-0.4, -0.2) is 57.2 Å². The summed E-state index contributed by atoms with van der Waals surface area (Å²) in [6.45, 7) is 1.07. The van der Waals surface area contributed by atoms with Gasteiger partial charge in [0.05, 0.1) is 28.7 Å². The second kappa shape index (κ2) is 10.9. The first-order valence-corrected chi connectivity index (χ1v) is 13.6. The molecule has 41 heavy (non-hydrogen) atoms. The Kier molecular flexibility index (Phi) is 7.30. The number of alkyl halides is 3. The summed E-state index contributed by atoms with van der Waals surface area (Å²) < 4.78 is 44.6. The third-order valence-electron chi connectivity index (χ3n) is 8.06. The number of carbonyl (C=O) groups excluding carboxylic acids is 1. The molecule has 1 aromatic carbocycles. The van der Waals surface area contributed by atoms with Crippen LogP contribution in [0.2, 0.25) is 0 Å². The minimum absolute atomic E-state index is 0.106.